The van der Waals surface area contributed by atoms with Gasteiger partial charge in [-0.05, 0) is 44.9 Å². The molecular formula is C24H38N2O2. The number of allylic oxidation sites excluding steroid dienone is 10. The molecule has 1 heterocycles. The molecule has 1 fully saturated rings. The van der Waals surface area contributed by atoms with E-state index in [9.17, 15) is 4.79 Å². The molecule has 28 heavy (non-hydrogen) atoms. The minimum atomic E-state index is -0.116. The van der Waals surface area contributed by atoms with E-state index in [0.717, 1.165) is 71.1 Å². The SMILES string of the molecule is CC/C=C\C/C=C\C/C=C\C/C=C\C/C=C\CCCC(=O)ON1CCNCC1. The average molecular weight is 387 g/mol. The third-order valence-corrected chi connectivity index (χ3v) is 4.22. The second kappa shape index (κ2) is 18.5. The summed E-state index contributed by atoms with van der Waals surface area (Å²) in [5, 5.41) is 4.99. The van der Waals surface area contributed by atoms with Crippen LogP contribution >= 0.6 is 0 Å². The minimum Gasteiger partial charge on any atom is -0.368 e. The maximum absolute atomic E-state index is 11.7. The lowest BCUT2D eigenvalue weighted by Crippen LogP contribution is -2.44. The number of nitrogens with one attached hydrogen (secondary N) is 1. The van der Waals surface area contributed by atoms with Gasteiger partial charge in [-0.15, -0.1) is 5.06 Å². The molecule has 0 aliphatic carbocycles. The number of hydroxylamine groups is 2. The first-order valence-electron chi connectivity index (χ1n) is 10.7. The number of unbranched alkanes of at least 4 members (excludes halogenated alkanes) is 1. The lowest BCUT2D eigenvalue weighted by atomic mass is 10.2. The van der Waals surface area contributed by atoms with Crippen molar-refractivity contribution in [2.45, 2.75) is 58.3 Å². The number of hydrogen-bond donors (Lipinski definition) is 1. The molecule has 0 radical (unpaired) electrons. The van der Waals surface area contributed by atoms with Crippen LogP contribution in [0.25, 0.3) is 0 Å². The fourth-order valence-electron chi connectivity index (χ4n) is 2.66. The van der Waals surface area contributed by atoms with Crippen LogP contribution in [-0.4, -0.2) is 37.2 Å². The smallest absolute Gasteiger partial charge is 0.325 e. The van der Waals surface area contributed by atoms with Gasteiger partial charge in [0.15, 0.2) is 0 Å². The van der Waals surface area contributed by atoms with Gasteiger partial charge in [-0.1, -0.05) is 67.7 Å². The zero-order chi connectivity index (χ0) is 20.1. The normalized spacial score (nSPS) is 16.5. The zero-order valence-corrected chi connectivity index (χ0v) is 17.5. The molecule has 4 heteroatoms. The molecule has 0 aromatic carbocycles. The predicted octanol–water partition coefficient (Wildman–Crippen LogP) is 5.27. The number of rotatable bonds is 14. The summed E-state index contributed by atoms with van der Waals surface area (Å²) in [5.41, 5.74) is 0. The fraction of sp³-hybridized carbons (Fsp3) is 0.542. The summed E-state index contributed by atoms with van der Waals surface area (Å²) in [4.78, 5) is 17.1. The van der Waals surface area contributed by atoms with E-state index in [1.807, 2.05) is 0 Å². The van der Waals surface area contributed by atoms with E-state index in [1.165, 1.54) is 0 Å². The van der Waals surface area contributed by atoms with E-state index in [2.05, 4.69) is 73.0 Å². The Labute approximate surface area is 171 Å². The third kappa shape index (κ3) is 15.2. The van der Waals surface area contributed by atoms with Crippen LogP contribution in [0, 0.1) is 0 Å². The summed E-state index contributed by atoms with van der Waals surface area (Å²) in [6.07, 6.45) is 29.3. The van der Waals surface area contributed by atoms with Crippen LogP contribution in [0.5, 0.6) is 0 Å². The van der Waals surface area contributed by atoms with Gasteiger partial charge < -0.3 is 10.2 Å². The molecule has 0 aromatic heterocycles. The van der Waals surface area contributed by atoms with E-state index < -0.39 is 0 Å². The lowest BCUT2D eigenvalue weighted by Gasteiger charge is -2.25. The zero-order valence-electron chi connectivity index (χ0n) is 17.5. The molecule has 1 saturated heterocycles. The van der Waals surface area contributed by atoms with Crippen molar-refractivity contribution in [2.75, 3.05) is 26.2 Å². The average Bonchev–Trinajstić information content (AvgIpc) is 2.71. The number of carbonyl (C=O) groups is 1. The molecule has 0 saturated carbocycles. The van der Waals surface area contributed by atoms with Crippen LogP contribution in [0.4, 0.5) is 0 Å². The molecule has 0 aromatic rings. The van der Waals surface area contributed by atoms with Crippen LogP contribution in [0.2, 0.25) is 0 Å². The van der Waals surface area contributed by atoms with Gasteiger partial charge in [0.2, 0.25) is 0 Å². The van der Waals surface area contributed by atoms with Gasteiger partial charge in [-0.3, -0.25) is 4.79 Å². The maximum Gasteiger partial charge on any atom is 0.325 e. The second-order valence-corrected chi connectivity index (χ2v) is 6.74. The van der Waals surface area contributed by atoms with Crippen LogP contribution in [0.1, 0.15) is 58.3 Å². The van der Waals surface area contributed by atoms with Crippen molar-refractivity contribution in [1.82, 2.24) is 10.4 Å². The van der Waals surface area contributed by atoms with Gasteiger partial charge in [-0.2, -0.15) is 0 Å². The lowest BCUT2D eigenvalue weighted by molar-refractivity contribution is -0.192. The first-order valence-corrected chi connectivity index (χ1v) is 10.7. The van der Waals surface area contributed by atoms with Gasteiger partial charge in [0.1, 0.15) is 0 Å². The molecule has 0 spiro atoms. The largest absolute Gasteiger partial charge is 0.368 e. The highest BCUT2D eigenvalue weighted by Gasteiger charge is 2.13. The Morgan fingerprint density at radius 2 is 1.32 bits per heavy atom. The molecule has 1 aliphatic heterocycles. The van der Waals surface area contributed by atoms with Gasteiger partial charge in [0.25, 0.3) is 0 Å². The van der Waals surface area contributed by atoms with Crippen molar-refractivity contribution in [3.05, 3.63) is 60.8 Å². The molecular weight excluding hydrogens is 348 g/mol. The molecule has 4 nitrogen and oxygen atoms in total. The van der Waals surface area contributed by atoms with Gasteiger partial charge >= 0.3 is 5.97 Å². The van der Waals surface area contributed by atoms with E-state index in [0.29, 0.717) is 6.42 Å². The Morgan fingerprint density at radius 1 is 0.821 bits per heavy atom. The van der Waals surface area contributed by atoms with Crippen molar-refractivity contribution in [2.24, 2.45) is 0 Å². The Kier molecular flexibility index (Phi) is 15.9. The van der Waals surface area contributed by atoms with Crippen LogP contribution in [0.15, 0.2) is 60.8 Å². The topological polar surface area (TPSA) is 41.6 Å². The maximum atomic E-state index is 11.7. The molecule has 0 amide bonds. The number of nitrogens with zero attached hydrogens (tertiary/aromatic N) is 1. The summed E-state index contributed by atoms with van der Waals surface area (Å²) in [7, 11) is 0. The molecule has 156 valence electrons. The predicted molar refractivity (Wildman–Crippen MR) is 119 cm³/mol. The number of carbonyl (C=O) groups excluding carboxylic acids is 1. The van der Waals surface area contributed by atoms with Crippen molar-refractivity contribution in [3.8, 4) is 0 Å². The Morgan fingerprint density at radius 3 is 1.86 bits per heavy atom. The highest BCUT2D eigenvalue weighted by Crippen LogP contribution is 2.03. The van der Waals surface area contributed by atoms with Gasteiger partial charge in [0.05, 0.1) is 0 Å². The van der Waals surface area contributed by atoms with E-state index in [-0.39, 0.29) is 5.97 Å². The molecule has 1 N–H and O–H groups in total. The summed E-state index contributed by atoms with van der Waals surface area (Å²) >= 11 is 0. The molecule has 0 bridgehead atoms. The Bertz CT molecular complexity index is 527. The van der Waals surface area contributed by atoms with Crippen molar-refractivity contribution < 1.29 is 9.63 Å². The highest BCUT2D eigenvalue weighted by molar-refractivity contribution is 5.68. The van der Waals surface area contributed by atoms with Gasteiger partial charge in [-0.25, -0.2) is 0 Å². The van der Waals surface area contributed by atoms with Crippen molar-refractivity contribution in [1.29, 1.82) is 0 Å². The summed E-state index contributed by atoms with van der Waals surface area (Å²) in [6, 6.07) is 0. The quantitative estimate of drug-likeness (QED) is 0.326. The van der Waals surface area contributed by atoms with Crippen molar-refractivity contribution >= 4 is 5.97 Å². The molecule has 1 aliphatic rings. The summed E-state index contributed by atoms with van der Waals surface area (Å²) in [6.45, 7) is 5.47. The third-order valence-electron chi connectivity index (χ3n) is 4.22. The first-order chi connectivity index (χ1) is 13.8. The standard InChI is InChI=1S/C24H38N2O2/c1-2-3-4-5-6-7-8-9-10-11-12-13-14-15-16-17-18-19-24(27)28-26-22-20-25-21-23-26/h3-4,6-7,9-10,12-13,15-16,25H,2,5,8,11,14,17-23H2,1H3/b4-3-,7-6-,10-9-,13-12-,16-15-. The van der Waals surface area contributed by atoms with Crippen LogP contribution in [-0.2, 0) is 9.63 Å². The van der Waals surface area contributed by atoms with Crippen LogP contribution < -0.4 is 5.32 Å². The molecule has 1 rings (SSSR count). The highest BCUT2D eigenvalue weighted by atomic mass is 16.7. The minimum absolute atomic E-state index is 0.116. The monoisotopic (exact) mass is 386 g/mol. The molecule has 0 unspecified atom stereocenters. The second-order valence-electron chi connectivity index (χ2n) is 6.74. The van der Waals surface area contributed by atoms with E-state index >= 15 is 0 Å². The molecule has 0 atom stereocenters. The van der Waals surface area contributed by atoms with Crippen LogP contribution in [0.3, 0.4) is 0 Å². The number of hydrogen-bond acceptors (Lipinski definition) is 4. The number of piperazine rings is 1. The Balaban J connectivity index is 1.93. The van der Waals surface area contributed by atoms with Crippen molar-refractivity contribution in [3.63, 3.8) is 0 Å². The van der Waals surface area contributed by atoms with Gasteiger partial charge in [0, 0.05) is 32.6 Å². The van der Waals surface area contributed by atoms with E-state index in [1.54, 1.807) is 5.06 Å². The Hall–Kier alpha value is -1.91. The summed E-state index contributed by atoms with van der Waals surface area (Å²) in [5.74, 6) is -0.116. The first kappa shape index (κ1) is 24.1. The van der Waals surface area contributed by atoms with E-state index in [4.69, 9.17) is 4.84 Å². The fourth-order valence-corrected chi connectivity index (χ4v) is 2.66. The summed E-state index contributed by atoms with van der Waals surface area (Å²) < 4.78 is 0.